The molecule has 4 aromatic rings. The number of amides is 1. The molecule has 0 fully saturated rings. The second-order valence-corrected chi connectivity index (χ2v) is 6.89. The van der Waals surface area contributed by atoms with Gasteiger partial charge < -0.3 is 10.6 Å². The molecule has 2 N–H and O–H groups in total. The van der Waals surface area contributed by atoms with Crippen molar-refractivity contribution in [2.45, 2.75) is 6.54 Å². The zero-order chi connectivity index (χ0) is 20.9. The van der Waals surface area contributed by atoms with Crippen molar-refractivity contribution >= 4 is 39.9 Å². The molecule has 6 nitrogen and oxygen atoms in total. The Morgan fingerprint density at radius 3 is 2.43 bits per heavy atom. The molecule has 4 rings (SSSR count). The van der Waals surface area contributed by atoms with Crippen molar-refractivity contribution in [1.82, 2.24) is 9.97 Å². The third-order valence-electron chi connectivity index (χ3n) is 4.52. The van der Waals surface area contributed by atoms with E-state index in [1.807, 2.05) is 54.6 Å². The minimum absolute atomic E-state index is 0.192. The fraction of sp³-hybridized carbons (Fsp3) is 0.0435. The zero-order valence-electron chi connectivity index (χ0n) is 15.8. The molecule has 7 heteroatoms. The number of carbonyl (C=O) groups is 1. The van der Waals surface area contributed by atoms with E-state index in [0.717, 1.165) is 16.5 Å². The van der Waals surface area contributed by atoms with Gasteiger partial charge in [-0.1, -0.05) is 24.3 Å². The normalized spacial score (nSPS) is 10.4. The molecule has 1 amide bonds. The molecule has 0 bridgehead atoms. The van der Waals surface area contributed by atoms with Crippen molar-refractivity contribution in [3.63, 3.8) is 0 Å². The van der Waals surface area contributed by atoms with Crippen LogP contribution in [0.4, 0.5) is 11.5 Å². The highest BCUT2D eigenvalue weighted by Gasteiger charge is 2.08. The highest BCUT2D eigenvalue weighted by Crippen LogP contribution is 2.22. The summed E-state index contributed by atoms with van der Waals surface area (Å²) in [5.41, 5.74) is 3.49. The van der Waals surface area contributed by atoms with E-state index in [1.54, 1.807) is 24.3 Å². The van der Waals surface area contributed by atoms with Crippen LogP contribution in [0.25, 0.3) is 10.9 Å². The summed E-state index contributed by atoms with van der Waals surface area (Å²) in [7, 11) is 0. The Kier molecular flexibility index (Phi) is 5.55. The summed E-state index contributed by atoms with van der Waals surface area (Å²) in [6.45, 7) is 0.543. The lowest BCUT2D eigenvalue weighted by molar-refractivity contribution is 0.102. The van der Waals surface area contributed by atoms with Crippen molar-refractivity contribution in [1.29, 1.82) is 5.26 Å². The van der Waals surface area contributed by atoms with Gasteiger partial charge in [0, 0.05) is 23.2 Å². The third kappa shape index (κ3) is 4.37. The van der Waals surface area contributed by atoms with Gasteiger partial charge in [0.2, 0.25) is 5.28 Å². The summed E-state index contributed by atoms with van der Waals surface area (Å²) in [6, 6.07) is 23.7. The van der Waals surface area contributed by atoms with E-state index < -0.39 is 0 Å². The molecule has 30 heavy (non-hydrogen) atoms. The van der Waals surface area contributed by atoms with Crippen LogP contribution in [0.1, 0.15) is 21.5 Å². The van der Waals surface area contributed by atoms with Gasteiger partial charge in [0.25, 0.3) is 5.91 Å². The molecule has 0 aliphatic heterocycles. The zero-order valence-corrected chi connectivity index (χ0v) is 16.5. The van der Waals surface area contributed by atoms with E-state index in [2.05, 4.69) is 20.6 Å². The number of benzene rings is 3. The Balaban J connectivity index is 1.42. The van der Waals surface area contributed by atoms with Gasteiger partial charge in [-0.05, 0) is 65.7 Å². The highest BCUT2D eigenvalue weighted by molar-refractivity contribution is 6.28. The van der Waals surface area contributed by atoms with Gasteiger partial charge in [0.1, 0.15) is 5.82 Å². The van der Waals surface area contributed by atoms with Crippen LogP contribution in [0, 0.1) is 11.3 Å². The second-order valence-electron chi connectivity index (χ2n) is 6.55. The molecule has 3 aromatic carbocycles. The van der Waals surface area contributed by atoms with Gasteiger partial charge in [0.05, 0.1) is 17.1 Å². The standard InChI is InChI=1S/C23H16ClN5O/c24-23-28-20-4-2-1-3-19(20)21(29-23)26-14-16-7-11-18(12-8-16)27-22(30)17-9-5-15(13-25)6-10-17/h1-12H,14H2,(H,27,30)(H,26,28,29). The number of hydrogen-bond donors (Lipinski definition) is 2. The number of aromatic nitrogens is 2. The third-order valence-corrected chi connectivity index (χ3v) is 4.69. The monoisotopic (exact) mass is 413 g/mol. The van der Waals surface area contributed by atoms with Crippen molar-refractivity contribution in [2.24, 2.45) is 0 Å². The van der Waals surface area contributed by atoms with Crippen LogP contribution in [0.2, 0.25) is 5.28 Å². The lowest BCUT2D eigenvalue weighted by Crippen LogP contribution is -2.11. The predicted molar refractivity (Wildman–Crippen MR) is 117 cm³/mol. The van der Waals surface area contributed by atoms with Gasteiger partial charge in [-0.3, -0.25) is 4.79 Å². The summed E-state index contributed by atoms with van der Waals surface area (Å²) in [4.78, 5) is 20.8. The molecule has 1 aromatic heterocycles. The lowest BCUT2D eigenvalue weighted by atomic mass is 10.1. The van der Waals surface area contributed by atoms with E-state index >= 15 is 0 Å². The highest BCUT2D eigenvalue weighted by atomic mass is 35.5. The van der Waals surface area contributed by atoms with E-state index in [1.165, 1.54) is 0 Å². The number of anilines is 2. The van der Waals surface area contributed by atoms with Crippen LogP contribution in [-0.2, 0) is 6.54 Å². The largest absolute Gasteiger partial charge is 0.365 e. The molecule has 0 aliphatic rings. The smallest absolute Gasteiger partial charge is 0.255 e. The Labute approximate surface area is 178 Å². The first-order valence-electron chi connectivity index (χ1n) is 9.19. The van der Waals surface area contributed by atoms with Crippen molar-refractivity contribution in [3.8, 4) is 6.07 Å². The molecule has 1 heterocycles. The maximum Gasteiger partial charge on any atom is 0.255 e. The average Bonchev–Trinajstić information content (AvgIpc) is 2.78. The molecular weight excluding hydrogens is 398 g/mol. The Hall–Kier alpha value is -3.95. The molecule has 0 saturated heterocycles. The average molecular weight is 414 g/mol. The first kappa shape index (κ1) is 19.4. The predicted octanol–water partition coefficient (Wildman–Crippen LogP) is 5.02. The minimum Gasteiger partial charge on any atom is -0.365 e. The van der Waals surface area contributed by atoms with Gasteiger partial charge in [-0.25, -0.2) is 9.97 Å². The lowest BCUT2D eigenvalue weighted by Gasteiger charge is -2.10. The maximum absolute atomic E-state index is 12.3. The van der Waals surface area contributed by atoms with Gasteiger partial charge in [0.15, 0.2) is 0 Å². The SMILES string of the molecule is N#Cc1ccc(C(=O)Nc2ccc(CNc3nc(Cl)nc4ccccc34)cc2)cc1. The van der Waals surface area contributed by atoms with Gasteiger partial charge >= 0.3 is 0 Å². The summed E-state index contributed by atoms with van der Waals surface area (Å²) in [5, 5.41) is 16.1. The molecule has 0 aliphatic carbocycles. The fourth-order valence-electron chi connectivity index (χ4n) is 2.97. The number of carbonyl (C=O) groups excluding carboxylic acids is 1. The summed E-state index contributed by atoms with van der Waals surface area (Å²) < 4.78 is 0. The van der Waals surface area contributed by atoms with Crippen molar-refractivity contribution < 1.29 is 4.79 Å². The van der Waals surface area contributed by atoms with Crippen LogP contribution < -0.4 is 10.6 Å². The van der Waals surface area contributed by atoms with Crippen LogP contribution in [0.5, 0.6) is 0 Å². The number of nitriles is 1. The summed E-state index contributed by atoms with van der Waals surface area (Å²) in [5.74, 6) is 0.441. The van der Waals surface area contributed by atoms with Crippen molar-refractivity contribution in [3.05, 3.63) is 94.8 Å². The Bertz CT molecular complexity index is 1250. The number of fused-ring (bicyclic) bond motifs is 1. The van der Waals surface area contributed by atoms with Crippen LogP contribution in [-0.4, -0.2) is 15.9 Å². The van der Waals surface area contributed by atoms with Gasteiger partial charge in [-0.2, -0.15) is 5.26 Å². The van der Waals surface area contributed by atoms with E-state index in [0.29, 0.717) is 29.2 Å². The van der Waals surface area contributed by atoms with Crippen LogP contribution >= 0.6 is 11.6 Å². The van der Waals surface area contributed by atoms with E-state index in [9.17, 15) is 4.79 Å². The number of hydrogen-bond acceptors (Lipinski definition) is 5. The second kappa shape index (κ2) is 8.60. The maximum atomic E-state index is 12.3. The minimum atomic E-state index is -0.229. The number of halogens is 1. The Morgan fingerprint density at radius 1 is 0.967 bits per heavy atom. The molecule has 0 radical (unpaired) electrons. The van der Waals surface area contributed by atoms with Gasteiger partial charge in [-0.15, -0.1) is 0 Å². The summed E-state index contributed by atoms with van der Waals surface area (Å²) >= 11 is 6.02. The molecule has 0 spiro atoms. The quantitative estimate of drug-likeness (QED) is 0.448. The van der Waals surface area contributed by atoms with Crippen LogP contribution in [0.3, 0.4) is 0 Å². The number of para-hydroxylation sites is 1. The molecule has 0 unspecified atom stereocenters. The van der Waals surface area contributed by atoms with E-state index in [-0.39, 0.29) is 11.2 Å². The fourth-order valence-corrected chi connectivity index (χ4v) is 3.15. The molecule has 0 atom stereocenters. The van der Waals surface area contributed by atoms with Crippen LogP contribution in [0.15, 0.2) is 72.8 Å². The first-order chi connectivity index (χ1) is 14.6. The number of rotatable bonds is 5. The number of nitrogens with one attached hydrogen (secondary N) is 2. The topological polar surface area (TPSA) is 90.7 Å². The molecule has 0 saturated carbocycles. The summed E-state index contributed by atoms with van der Waals surface area (Å²) in [6.07, 6.45) is 0. The van der Waals surface area contributed by atoms with Crippen molar-refractivity contribution in [2.75, 3.05) is 10.6 Å². The first-order valence-corrected chi connectivity index (χ1v) is 9.57. The number of nitrogens with zero attached hydrogens (tertiary/aromatic N) is 3. The Morgan fingerprint density at radius 2 is 1.70 bits per heavy atom. The molecule has 146 valence electrons. The van der Waals surface area contributed by atoms with E-state index in [4.69, 9.17) is 16.9 Å². The molecular formula is C23H16ClN5O.